The molecule has 45 heavy (non-hydrogen) atoms. The number of H-pyrrole nitrogens is 1. The van der Waals surface area contributed by atoms with Crippen LogP contribution in [0.1, 0.15) is 0 Å². The second kappa shape index (κ2) is 11.9. The maximum atomic E-state index is 3.86. The molecule has 4 heterocycles. The zero-order valence-corrected chi connectivity index (χ0v) is 26.0. The molecule has 212 valence electrons. The van der Waals surface area contributed by atoms with Crippen molar-refractivity contribution in [3.8, 4) is 44.5 Å². The van der Waals surface area contributed by atoms with E-state index in [2.05, 4.69) is 175 Å². The number of nitrogens with one attached hydrogen (secondary N) is 1. The predicted octanol–water partition coefficient (Wildman–Crippen LogP) is 12.6. The maximum Gasteiger partial charge on any atom is 0.0493 e. The van der Waals surface area contributed by atoms with Gasteiger partial charge in [-0.05, 0) is 58.7 Å². The summed E-state index contributed by atoms with van der Waals surface area (Å²) in [6.07, 6.45) is 0. The van der Waals surface area contributed by atoms with Crippen LogP contribution in [0.5, 0.6) is 0 Å². The third-order valence-corrected chi connectivity index (χ3v) is 10.2. The molecule has 0 aliphatic heterocycles. The van der Waals surface area contributed by atoms with E-state index in [0.717, 1.165) is 42.7 Å². The van der Waals surface area contributed by atoms with Gasteiger partial charge >= 0.3 is 0 Å². The fourth-order valence-corrected chi connectivity index (χ4v) is 8.08. The maximum absolute atomic E-state index is 3.86. The highest BCUT2D eigenvalue weighted by Gasteiger charge is 2.12. The Labute approximate surface area is 270 Å². The van der Waals surface area contributed by atoms with E-state index in [9.17, 15) is 0 Å². The van der Waals surface area contributed by atoms with Crippen LogP contribution in [-0.4, -0.2) is 4.98 Å². The Morgan fingerprint density at radius 3 is 1.04 bits per heavy atom. The van der Waals surface area contributed by atoms with Crippen LogP contribution in [0.3, 0.4) is 0 Å². The lowest BCUT2D eigenvalue weighted by molar-refractivity contribution is 1.54. The largest absolute Gasteiger partial charge is 0.354 e. The first-order valence-corrected chi connectivity index (χ1v) is 16.6. The lowest BCUT2D eigenvalue weighted by Gasteiger charge is -2.03. The lowest BCUT2D eigenvalue weighted by atomic mass is 10.1. The Kier molecular flexibility index (Phi) is 7.21. The van der Waals surface area contributed by atoms with Crippen LogP contribution < -0.4 is 0 Å². The summed E-state index contributed by atoms with van der Waals surface area (Å²) in [4.78, 5) is 3.86. The van der Waals surface area contributed by atoms with Crippen molar-refractivity contribution in [1.29, 1.82) is 0 Å². The van der Waals surface area contributed by atoms with Crippen LogP contribution in [0.2, 0.25) is 0 Å². The topological polar surface area (TPSA) is 15.8 Å². The molecule has 8 rings (SSSR count). The highest BCUT2D eigenvalue weighted by molar-refractivity contribution is 7.24. The van der Waals surface area contributed by atoms with Gasteiger partial charge in [0.1, 0.15) is 0 Å². The summed E-state index contributed by atoms with van der Waals surface area (Å²) in [7, 11) is 0. The molecule has 0 saturated heterocycles. The molecule has 0 spiro atoms. The van der Waals surface area contributed by atoms with Gasteiger partial charge in [-0.25, -0.2) is 0 Å². The Balaban J connectivity index is 1.57. The third kappa shape index (κ3) is 5.32. The molecule has 8 aromatic rings. The number of hydrogen-bond acceptors (Lipinski definition) is 2. The number of hydrogen-bond donors (Lipinski definition) is 1. The number of aromatic nitrogens is 1. The van der Waals surface area contributed by atoms with Crippen molar-refractivity contribution in [2.75, 3.05) is 0 Å². The van der Waals surface area contributed by atoms with Crippen molar-refractivity contribution in [2.45, 2.75) is 0 Å². The van der Waals surface area contributed by atoms with Crippen LogP contribution in [0.15, 0.2) is 158 Å². The molecule has 1 N–H and O–H groups in total. The van der Waals surface area contributed by atoms with Gasteiger partial charge in [0.25, 0.3) is 0 Å². The SMILES string of the molecule is c1c(-c2ccccc2)c2ccc(s2)c(-c2ccccc2)c2ccc([nH]2)c(-c2ccccc2)c2ccc(s2)c(-c2ccccc2)c#1. The average molecular weight is 610 g/mol. The minimum atomic E-state index is 1.03. The van der Waals surface area contributed by atoms with Crippen LogP contribution >= 0.6 is 22.7 Å². The number of fused-ring (bicyclic) bond motifs is 6. The van der Waals surface area contributed by atoms with Crippen molar-refractivity contribution < 1.29 is 0 Å². The van der Waals surface area contributed by atoms with Gasteiger partial charge in [-0.1, -0.05) is 133 Å². The molecule has 0 amide bonds. The summed E-state index contributed by atoms with van der Waals surface area (Å²) in [5.41, 5.74) is 11.2. The predicted molar refractivity (Wildman–Crippen MR) is 195 cm³/mol. The second-order valence-corrected chi connectivity index (χ2v) is 13.0. The number of aromatic amines is 1. The molecule has 4 aromatic heterocycles. The van der Waals surface area contributed by atoms with E-state index in [-0.39, 0.29) is 0 Å². The monoisotopic (exact) mass is 609 g/mol. The fraction of sp³-hybridized carbons (Fsp3) is 0. The Bertz CT molecular complexity index is 2180. The Morgan fingerprint density at radius 1 is 0.333 bits per heavy atom. The number of rotatable bonds is 4. The lowest BCUT2D eigenvalue weighted by Crippen LogP contribution is -1.79. The molecule has 0 aliphatic carbocycles. The summed E-state index contributed by atoms with van der Waals surface area (Å²) in [6.45, 7) is 0. The highest BCUT2D eigenvalue weighted by Crippen LogP contribution is 2.39. The normalized spacial score (nSPS) is 10.9. The van der Waals surface area contributed by atoms with E-state index in [0.29, 0.717) is 0 Å². The van der Waals surface area contributed by atoms with Gasteiger partial charge in [0, 0.05) is 52.1 Å². The second-order valence-electron chi connectivity index (χ2n) is 10.8. The molecule has 0 fully saturated rings. The molecule has 1 nitrogen and oxygen atoms in total. The van der Waals surface area contributed by atoms with E-state index < -0.39 is 0 Å². The number of benzene rings is 4. The minimum absolute atomic E-state index is 1.03. The molecule has 0 radical (unpaired) electrons. The third-order valence-electron chi connectivity index (χ3n) is 7.98. The highest BCUT2D eigenvalue weighted by atomic mass is 32.1. The molecular formula is C42H27NS2. The fourth-order valence-electron chi connectivity index (χ4n) is 5.86. The molecule has 0 saturated carbocycles. The zero-order chi connectivity index (χ0) is 30.0. The summed E-state index contributed by atoms with van der Waals surface area (Å²) < 4.78 is 4.69. The van der Waals surface area contributed by atoms with Gasteiger partial charge in [-0.15, -0.1) is 22.7 Å². The summed E-state index contributed by atoms with van der Waals surface area (Å²) in [5.74, 6) is 0. The van der Waals surface area contributed by atoms with Gasteiger partial charge < -0.3 is 4.98 Å². The first-order chi connectivity index (χ1) is 22.3. The van der Waals surface area contributed by atoms with E-state index >= 15 is 0 Å². The number of thiophene rings is 2. The van der Waals surface area contributed by atoms with Crippen molar-refractivity contribution in [2.24, 2.45) is 0 Å². The van der Waals surface area contributed by atoms with Crippen molar-refractivity contribution in [3.63, 3.8) is 0 Å². The van der Waals surface area contributed by atoms with Crippen LogP contribution in [0.25, 0.3) is 74.3 Å². The van der Waals surface area contributed by atoms with Crippen LogP contribution in [-0.2, 0) is 0 Å². The molecular weight excluding hydrogens is 583 g/mol. The van der Waals surface area contributed by atoms with E-state index in [1.54, 1.807) is 22.7 Å². The zero-order valence-electron chi connectivity index (χ0n) is 24.3. The first-order valence-electron chi connectivity index (χ1n) is 14.9. The molecule has 6 bridgehead atoms. The van der Waals surface area contributed by atoms with E-state index in [1.165, 1.54) is 31.7 Å². The molecule has 0 unspecified atom stereocenters. The Hall–Kier alpha value is -5.40. The van der Waals surface area contributed by atoms with E-state index in [1.807, 2.05) is 0 Å². The Morgan fingerprint density at radius 2 is 0.667 bits per heavy atom. The van der Waals surface area contributed by atoms with Crippen molar-refractivity contribution in [3.05, 3.63) is 170 Å². The molecule has 4 aromatic carbocycles. The summed E-state index contributed by atoms with van der Waals surface area (Å²) >= 11 is 3.58. The van der Waals surface area contributed by atoms with Gasteiger partial charge in [0.15, 0.2) is 0 Å². The van der Waals surface area contributed by atoms with Gasteiger partial charge in [0.2, 0.25) is 0 Å². The standard InChI is InChI=1S/C42H27NS2/c1-5-13-29(14-6-1)33-21-22-34(30-15-7-2-8-16-30)38-26-28-40(45-38)42(32-19-11-4-12-20-32)36-24-23-35(43-36)41(31-17-9-3-10-18-31)39-27-25-37(33)44-39/h1-20,23-28,43H. The van der Waals surface area contributed by atoms with E-state index in [4.69, 9.17) is 0 Å². The first kappa shape index (κ1) is 27.2. The average Bonchev–Trinajstić information content (AvgIpc) is 3.88. The summed E-state index contributed by atoms with van der Waals surface area (Å²) in [6, 6.07) is 63.2. The van der Waals surface area contributed by atoms with Gasteiger partial charge in [0.05, 0.1) is 0 Å². The van der Waals surface area contributed by atoms with Gasteiger partial charge in [-0.2, -0.15) is 0 Å². The molecule has 3 heteroatoms. The molecule has 0 aliphatic rings. The smallest absolute Gasteiger partial charge is 0.0493 e. The molecule has 0 atom stereocenters. The van der Waals surface area contributed by atoms with Crippen LogP contribution in [0, 0.1) is 12.1 Å². The summed E-state index contributed by atoms with van der Waals surface area (Å²) in [5, 5.41) is 0. The van der Waals surface area contributed by atoms with Crippen LogP contribution in [0.4, 0.5) is 0 Å². The van der Waals surface area contributed by atoms with Crippen molar-refractivity contribution in [1.82, 2.24) is 4.98 Å². The van der Waals surface area contributed by atoms with Gasteiger partial charge in [-0.3, -0.25) is 0 Å². The minimum Gasteiger partial charge on any atom is -0.354 e. The van der Waals surface area contributed by atoms with Crippen molar-refractivity contribution >= 4 is 52.5 Å². The quantitative estimate of drug-likeness (QED) is 0.204.